The first-order valence-electron chi connectivity index (χ1n) is 10.6. The average molecular weight is 388 g/mol. The van der Waals surface area contributed by atoms with Gasteiger partial charge in [-0.2, -0.15) is 0 Å². The van der Waals surface area contributed by atoms with E-state index in [2.05, 4.69) is 13.8 Å². The number of amides is 1. The topological polar surface area (TPSA) is 37.4 Å². The summed E-state index contributed by atoms with van der Waals surface area (Å²) in [6.07, 6.45) is 5.78. The van der Waals surface area contributed by atoms with Gasteiger partial charge in [0, 0.05) is 12.1 Å². The van der Waals surface area contributed by atoms with E-state index in [1.807, 2.05) is 66.7 Å². The van der Waals surface area contributed by atoms with Crippen molar-refractivity contribution in [1.82, 2.24) is 0 Å². The van der Waals surface area contributed by atoms with Crippen molar-refractivity contribution in [2.45, 2.75) is 52.4 Å². The van der Waals surface area contributed by atoms with E-state index in [0.29, 0.717) is 6.42 Å². The molecule has 4 rings (SSSR count). The molecule has 0 saturated heterocycles. The van der Waals surface area contributed by atoms with Crippen molar-refractivity contribution in [3.8, 4) is 0 Å². The molecule has 0 radical (unpaired) electrons. The van der Waals surface area contributed by atoms with Crippen LogP contribution in [0.3, 0.4) is 0 Å². The molecule has 1 aliphatic rings. The lowest BCUT2D eigenvalue weighted by atomic mass is 9.98. The Hall–Kier alpha value is -2.94. The van der Waals surface area contributed by atoms with Crippen LogP contribution in [0.2, 0.25) is 0 Å². The number of hydrogen-bond donors (Lipinski definition) is 0. The molecule has 150 valence electrons. The molecule has 3 heteroatoms. The first-order valence-corrected chi connectivity index (χ1v) is 10.6. The normalized spacial score (nSPS) is 13.5. The molecule has 0 spiro atoms. The van der Waals surface area contributed by atoms with Crippen LogP contribution in [0.1, 0.15) is 51.5 Å². The lowest BCUT2D eigenvalue weighted by Crippen LogP contribution is -2.26. The number of fused-ring (bicyclic) bond motifs is 3. The largest absolute Gasteiger partial charge is 0.299 e. The minimum atomic E-state index is -0.171. The first-order chi connectivity index (χ1) is 14.2. The van der Waals surface area contributed by atoms with Crippen LogP contribution in [0.4, 0.5) is 11.4 Å². The Morgan fingerprint density at radius 2 is 1.41 bits per heavy atom. The van der Waals surface area contributed by atoms with Crippen molar-refractivity contribution < 1.29 is 9.59 Å². The minimum Gasteiger partial charge on any atom is -0.299 e. The van der Waals surface area contributed by atoms with Gasteiger partial charge in [0.05, 0.1) is 12.1 Å². The van der Waals surface area contributed by atoms with E-state index in [1.54, 1.807) is 4.90 Å². The molecule has 0 fully saturated rings. The Kier molecular flexibility index (Phi) is 7.18. The van der Waals surface area contributed by atoms with Gasteiger partial charge < -0.3 is 0 Å². The van der Waals surface area contributed by atoms with Crippen LogP contribution in [0.15, 0.2) is 66.7 Å². The van der Waals surface area contributed by atoms with Gasteiger partial charge in [0.25, 0.3) is 0 Å². The number of carbonyl (C=O) groups is 2. The van der Waals surface area contributed by atoms with E-state index in [4.69, 9.17) is 0 Å². The van der Waals surface area contributed by atoms with Gasteiger partial charge in [-0.25, -0.2) is 0 Å². The third kappa shape index (κ3) is 4.92. The number of para-hydroxylation sites is 1. The third-order valence-electron chi connectivity index (χ3n) is 5.20. The van der Waals surface area contributed by atoms with E-state index in [1.165, 1.54) is 25.7 Å². The molecule has 3 aromatic rings. The highest BCUT2D eigenvalue weighted by Gasteiger charge is 2.28. The molecule has 0 saturated carbocycles. The van der Waals surface area contributed by atoms with Crippen LogP contribution < -0.4 is 4.90 Å². The van der Waals surface area contributed by atoms with Gasteiger partial charge in [0.15, 0.2) is 0 Å². The van der Waals surface area contributed by atoms with Crippen molar-refractivity contribution in [3.63, 3.8) is 0 Å². The Balaban J connectivity index is 0.000000353. The molecule has 0 aromatic heterocycles. The second-order valence-electron chi connectivity index (χ2n) is 7.45. The predicted octanol–water partition coefficient (Wildman–Crippen LogP) is 6.61. The Morgan fingerprint density at radius 3 is 2.10 bits per heavy atom. The molecule has 1 heterocycles. The van der Waals surface area contributed by atoms with E-state index in [9.17, 15) is 9.59 Å². The fourth-order valence-electron chi connectivity index (χ4n) is 3.72. The maximum Gasteiger partial charge on any atom is 0.239 e. The van der Waals surface area contributed by atoms with E-state index >= 15 is 0 Å². The van der Waals surface area contributed by atoms with Crippen molar-refractivity contribution in [1.29, 1.82) is 0 Å². The Morgan fingerprint density at radius 1 is 0.759 bits per heavy atom. The molecule has 0 aliphatic carbocycles. The molecule has 3 nitrogen and oxygen atoms in total. The molecular weight excluding hydrogens is 358 g/mol. The highest BCUT2D eigenvalue weighted by molar-refractivity contribution is 6.14. The number of Topliss-reactive ketones (excluding diaryl/α,β-unsaturated/α-hetero) is 1. The smallest absolute Gasteiger partial charge is 0.239 e. The zero-order valence-corrected chi connectivity index (χ0v) is 17.4. The summed E-state index contributed by atoms with van der Waals surface area (Å²) in [4.78, 5) is 26.5. The van der Waals surface area contributed by atoms with Gasteiger partial charge in [-0.1, -0.05) is 88.1 Å². The van der Waals surface area contributed by atoms with E-state index in [-0.39, 0.29) is 18.1 Å². The van der Waals surface area contributed by atoms with Gasteiger partial charge >= 0.3 is 0 Å². The monoisotopic (exact) mass is 387 g/mol. The van der Waals surface area contributed by atoms with Crippen LogP contribution in [0.25, 0.3) is 10.8 Å². The van der Waals surface area contributed by atoms with Gasteiger partial charge in [-0.05, 0) is 34.5 Å². The summed E-state index contributed by atoms with van der Waals surface area (Å²) in [6.45, 7) is 4.46. The predicted molar refractivity (Wildman–Crippen MR) is 121 cm³/mol. The maximum absolute atomic E-state index is 12.6. The summed E-state index contributed by atoms with van der Waals surface area (Å²) in [5, 5.41) is 2.12. The fourth-order valence-corrected chi connectivity index (χ4v) is 3.72. The standard InChI is InChI=1S/C20H15NO2.C6H14/c22-16-12-18-17-9-5-4-6-14(17)10-11-19(18)21(20(23)13-16)15-7-2-1-3-8-15;1-3-5-6-4-2/h1-11H,12-13H2;3-6H2,1-2H3. The average Bonchev–Trinajstić information content (AvgIpc) is 2.87. The number of hydrogen-bond acceptors (Lipinski definition) is 2. The van der Waals surface area contributed by atoms with Crippen LogP contribution in [-0.4, -0.2) is 11.7 Å². The number of carbonyl (C=O) groups excluding carboxylic acids is 2. The van der Waals surface area contributed by atoms with Crippen molar-refractivity contribution in [2.24, 2.45) is 0 Å². The molecule has 0 unspecified atom stereocenters. The van der Waals surface area contributed by atoms with E-state index in [0.717, 1.165) is 27.7 Å². The van der Waals surface area contributed by atoms with Gasteiger partial charge in [0.1, 0.15) is 5.78 Å². The zero-order chi connectivity index (χ0) is 20.6. The number of anilines is 2. The van der Waals surface area contributed by atoms with Crippen LogP contribution in [0, 0.1) is 0 Å². The first kappa shape index (κ1) is 20.8. The molecule has 29 heavy (non-hydrogen) atoms. The Labute approximate surface area is 173 Å². The van der Waals surface area contributed by atoms with Crippen LogP contribution >= 0.6 is 0 Å². The van der Waals surface area contributed by atoms with Gasteiger partial charge in [-0.15, -0.1) is 0 Å². The summed E-state index contributed by atoms with van der Waals surface area (Å²) >= 11 is 0. The number of benzene rings is 3. The third-order valence-corrected chi connectivity index (χ3v) is 5.20. The highest BCUT2D eigenvalue weighted by Crippen LogP contribution is 2.36. The van der Waals surface area contributed by atoms with Crippen LogP contribution in [-0.2, 0) is 16.0 Å². The summed E-state index contributed by atoms with van der Waals surface area (Å²) in [5.74, 6) is -0.207. The number of nitrogens with zero attached hydrogens (tertiary/aromatic N) is 1. The molecular formula is C26H29NO2. The van der Waals surface area contributed by atoms with Crippen molar-refractivity contribution >= 4 is 33.8 Å². The fraction of sp³-hybridized carbons (Fsp3) is 0.308. The van der Waals surface area contributed by atoms with Crippen molar-refractivity contribution in [2.75, 3.05) is 4.90 Å². The lowest BCUT2D eigenvalue weighted by Gasteiger charge is -2.23. The van der Waals surface area contributed by atoms with Crippen molar-refractivity contribution in [3.05, 3.63) is 72.3 Å². The highest BCUT2D eigenvalue weighted by atomic mass is 16.2. The molecule has 1 amide bonds. The second-order valence-corrected chi connectivity index (χ2v) is 7.45. The molecule has 0 N–H and O–H groups in total. The molecule has 0 atom stereocenters. The molecule has 3 aromatic carbocycles. The molecule has 1 aliphatic heterocycles. The number of ketones is 1. The summed E-state index contributed by atoms with van der Waals surface area (Å²) in [6, 6.07) is 21.4. The minimum absolute atomic E-state index is 0.0361. The summed E-state index contributed by atoms with van der Waals surface area (Å²) in [7, 11) is 0. The van der Waals surface area contributed by atoms with Crippen LogP contribution in [0.5, 0.6) is 0 Å². The van der Waals surface area contributed by atoms with Gasteiger partial charge in [-0.3, -0.25) is 14.5 Å². The summed E-state index contributed by atoms with van der Waals surface area (Å²) < 4.78 is 0. The zero-order valence-electron chi connectivity index (χ0n) is 17.4. The Bertz CT molecular complexity index is 974. The molecule has 0 bridgehead atoms. The quantitative estimate of drug-likeness (QED) is 0.373. The summed E-state index contributed by atoms with van der Waals surface area (Å²) in [5.41, 5.74) is 2.54. The SMILES string of the molecule is CCCCCC.O=C1CC(=O)N(c2ccccc2)c2ccc3ccccc3c2C1. The lowest BCUT2D eigenvalue weighted by molar-refractivity contribution is -0.125. The maximum atomic E-state index is 12.6. The second kappa shape index (κ2) is 10.0. The van der Waals surface area contributed by atoms with E-state index < -0.39 is 0 Å². The van der Waals surface area contributed by atoms with Gasteiger partial charge in [0.2, 0.25) is 5.91 Å². The number of unbranched alkanes of at least 4 members (excludes halogenated alkanes) is 3. The number of rotatable bonds is 4.